The van der Waals surface area contributed by atoms with Crippen molar-refractivity contribution in [2.75, 3.05) is 13.2 Å². The Labute approximate surface area is 152 Å². The first kappa shape index (κ1) is 16.7. The Kier molecular flexibility index (Phi) is 6.20. The minimum absolute atomic E-state index is 0. The molecular formula is C15H26AcO3. The Morgan fingerprint density at radius 3 is 2.37 bits per heavy atom. The number of aliphatic hydroxyl groups is 1. The molecule has 0 amide bonds. The number of fused-ring (bicyclic) bond motifs is 2. The Bertz CT molecular complexity index is 291. The van der Waals surface area contributed by atoms with Crippen LogP contribution in [0.1, 0.15) is 39.5 Å². The van der Waals surface area contributed by atoms with Crippen LogP contribution in [0.3, 0.4) is 0 Å². The number of hydrogen-bond donors (Lipinski definition) is 1. The van der Waals surface area contributed by atoms with Gasteiger partial charge in [0.1, 0.15) is 0 Å². The van der Waals surface area contributed by atoms with Gasteiger partial charge in [-0.05, 0) is 48.9 Å². The second-order valence-corrected chi connectivity index (χ2v) is 6.59. The third kappa shape index (κ3) is 3.40. The standard InChI is InChI=1S/C15H26O3.Ac/c1-9-10(2)12-7-11(9)8-13(12)14(16)3-4-15-17-5-6-18-15;/h9-16H,3-8H2,1-2H3;. The van der Waals surface area contributed by atoms with Crippen LogP contribution in [0.25, 0.3) is 0 Å². The molecule has 1 aliphatic heterocycles. The van der Waals surface area contributed by atoms with Crippen LogP contribution in [-0.2, 0) is 9.47 Å². The number of rotatable bonds is 4. The van der Waals surface area contributed by atoms with Gasteiger partial charge in [-0.15, -0.1) is 0 Å². The Hall–Kier alpha value is 1.32. The molecule has 0 aromatic heterocycles. The molecule has 3 fully saturated rings. The van der Waals surface area contributed by atoms with E-state index in [4.69, 9.17) is 9.47 Å². The third-order valence-corrected chi connectivity index (χ3v) is 5.83. The molecule has 3 rings (SSSR count). The minimum Gasteiger partial charge on any atom is -0.393 e. The summed E-state index contributed by atoms with van der Waals surface area (Å²) in [4.78, 5) is 0. The SMILES string of the molecule is CC1C2CC(C(O)CCC3OCCO3)C(C2)C1C.[Ac]. The van der Waals surface area contributed by atoms with Gasteiger partial charge in [0.05, 0.1) is 19.3 Å². The van der Waals surface area contributed by atoms with Crippen molar-refractivity contribution in [1.29, 1.82) is 0 Å². The fourth-order valence-corrected chi connectivity index (χ4v) is 4.54. The summed E-state index contributed by atoms with van der Waals surface area (Å²) in [6, 6.07) is 0. The number of ether oxygens (including phenoxy) is 2. The van der Waals surface area contributed by atoms with Crippen molar-refractivity contribution in [3.8, 4) is 0 Å². The predicted octanol–water partition coefficient (Wildman–Crippen LogP) is 2.43. The first-order chi connectivity index (χ1) is 8.66. The summed E-state index contributed by atoms with van der Waals surface area (Å²) in [5.41, 5.74) is 0. The molecule has 1 saturated heterocycles. The normalized spacial score (nSPS) is 43.4. The van der Waals surface area contributed by atoms with Gasteiger partial charge in [0, 0.05) is 50.5 Å². The van der Waals surface area contributed by atoms with E-state index in [2.05, 4.69) is 13.8 Å². The zero-order valence-electron chi connectivity index (χ0n) is 12.1. The zero-order valence-corrected chi connectivity index (χ0v) is 16.9. The van der Waals surface area contributed by atoms with Gasteiger partial charge in [-0.3, -0.25) is 0 Å². The summed E-state index contributed by atoms with van der Waals surface area (Å²) < 4.78 is 10.9. The number of aliphatic hydroxyl groups excluding tert-OH is 1. The maximum absolute atomic E-state index is 10.4. The minimum atomic E-state index is -0.150. The molecule has 19 heavy (non-hydrogen) atoms. The first-order valence-electron chi connectivity index (χ1n) is 7.58. The summed E-state index contributed by atoms with van der Waals surface area (Å²) in [6.07, 6.45) is 4.06. The van der Waals surface area contributed by atoms with Crippen molar-refractivity contribution < 1.29 is 58.6 Å². The van der Waals surface area contributed by atoms with Crippen molar-refractivity contribution in [2.45, 2.75) is 51.9 Å². The van der Waals surface area contributed by atoms with Crippen LogP contribution < -0.4 is 0 Å². The van der Waals surface area contributed by atoms with E-state index in [-0.39, 0.29) is 56.5 Å². The van der Waals surface area contributed by atoms with Crippen LogP contribution in [0, 0.1) is 73.7 Å². The summed E-state index contributed by atoms with van der Waals surface area (Å²) >= 11 is 0. The number of hydrogen-bond acceptors (Lipinski definition) is 3. The molecule has 0 aromatic carbocycles. The molecule has 6 atom stereocenters. The molecule has 3 aliphatic rings. The third-order valence-electron chi connectivity index (χ3n) is 5.83. The predicted molar refractivity (Wildman–Crippen MR) is 69.0 cm³/mol. The molecule has 3 nitrogen and oxygen atoms in total. The maximum Gasteiger partial charge on any atom is 0.157 e. The van der Waals surface area contributed by atoms with Gasteiger partial charge < -0.3 is 14.6 Å². The second kappa shape index (κ2) is 7.05. The van der Waals surface area contributed by atoms with Crippen LogP contribution in [-0.4, -0.2) is 30.7 Å². The molecule has 2 bridgehead atoms. The van der Waals surface area contributed by atoms with Gasteiger partial charge in [-0.1, -0.05) is 13.8 Å². The van der Waals surface area contributed by atoms with Gasteiger partial charge in [0.2, 0.25) is 0 Å². The molecular weight excluding hydrogens is 455 g/mol. The van der Waals surface area contributed by atoms with E-state index in [1.165, 1.54) is 12.8 Å². The largest absolute Gasteiger partial charge is 0.393 e. The van der Waals surface area contributed by atoms with E-state index in [0.29, 0.717) is 19.1 Å². The van der Waals surface area contributed by atoms with E-state index >= 15 is 0 Å². The van der Waals surface area contributed by atoms with Crippen molar-refractivity contribution in [1.82, 2.24) is 0 Å². The molecule has 107 valence electrons. The van der Waals surface area contributed by atoms with E-state index < -0.39 is 0 Å². The van der Waals surface area contributed by atoms with Crippen LogP contribution in [0.15, 0.2) is 0 Å². The van der Waals surface area contributed by atoms with Crippen molar-refractivity contribution in [3.63, 3.8) is 0 Å². The van der Waals surface area contributed by atoms with E-state index in [1.54, 1.807) is 0 Å². The average Bonchev–Trinajstić information content (AvgIpc) is 3.06. The van der Waals surface area contributed by atoms with Crippen molar-refractivity contribution in [3.05, 3.63) is 0 Å². The van der Waals surface area contributed by atoms with Gasteiger partial charge in [-0.25, -0.2) is 0 Å². The molecule has 2 saturated carbocycles. The summed E-state index contributed by atoms with van der Waals surface area (Å²) in [5, 5.41) is 10.4. The van der Waals surface area contributed by atoms with Crippen LogP contribution in [0.5, 0.6) is 0 Å². The van der Waals surface area contributed by atoms with Crippen LogP contribution >= 0.6 is 0 Å². The molecule has 1 N–H and O–H groups in total. The van der Waals surface area contributed by atoms with Gasteiger partial charge >= 0.3 is 0 Å². The Balaban J connectivity index is 0.00000133. The first-order valence-corrected chi connectivity index (χ1v) is 7.58. The summed E-state index contributed by atoms with van der Waals surface area (Å²) in [5.74, 6) is 3.80. The molecule has 0 aromatic rings. The monoisotopic (exact) mass is 481 g/mol. The average molecular weight is 481 g/mol. The Morgan fingerprint density at radius 1 is 1.11 bits per heavy atom. The Morgan fingerprint density at radius 2 is 1.79 bits per heavy atom. The maximum atomic E-state index is 10.4. The van der Waals surface area contributed by atoms with Gasteiger partial charge in [-0.2, -0.15) is 0 Å². The molecule has 1 heterocycles. The fraction of sp³-hybridized carbons (Fsp3) is 1.00. The quantitative estimate of drug-likeness (QED) is 0.671. The molecule has 4 heteroatoms. The van der Waals surface area contributed by atoms with Crippen molar-refractivity contribution in [2.24, 2.45) is 29.6 Å². The molecule has 0 spiro atoms. The second-order valence-electron chi connectivity index (χ2n) is 6.59. The topological polar surface area (TPSA) is 38.7 Å². The summed E-state index contributed by atoms with van der Waals surface area (Å²) in [6.45, 7) is 6.18. The van der Waals surface area contributed by atoms with Gasteiger partial charge in [0.25, 0.3) is 0 Å². The van der Waals surface area contributed by atoms with E-state index in [1.807, 2.05) is 0 Å². The van der Waals surface area contributed by atoms with Crippen LogP contribution in [0.2, 0.25) is 0 Å². The molecule has 6 unspecified atom stereocenters. The van der Waals surface area contributed by atoms with Crippen molar-refractivity contribution >= 4 is 0 Å². The van der Waals surface area contributed by atoms with Crippen LogP contribution in [0.4, 0.5) is 0 Å². The fourth-order valence-electron chi connectivity index (χ4n) is 4.54. The molecule has 2 aliphatic carbocycles. The molecule has 1 radical (unpaired) electrons. The van der Waals surface area contributed by atoms with E-state index in [9.17, 15) is 5.11 Å². The zero-order chi connectivity index (χ0) is 12.7. The smallest absolute Gasteiger partial charge is 0.157 e. The van der Waals surface area contributed by atoms with E-state index in [0.717, 1.165) is 36.5 Å². The van der Waals surface area contributed by atoms with Gasteiger partial charge in [0.15, 0.2) is 6.29 Å². The summed E-state index contributed by atoms with van der Waals surface area (Å²) in [7, 11) is 0.